The summed E-state index contributed by atoms with van der Waals surface area (Å²) in [4.78, 5) is 0. The van der Waals surface area contributed by atoms with Crippen molar-refractivity contribution in [3.63, 3.8) is 0 Å². The van der Waals surface area contributed by atoms with Crippen molar-refractivity contribution in [3.05, 3.63) is 35.4 Å². The summed E-state index contributed by atoms with van der Waals surface area (Å²) in [5.74, 6) is 0. The molecule has 19 heavy (non-hydrogen) atoms. The molecule has 1 unspecified atom stereocenters. The topological polar surface area (TPSA) is 12.0 Å². The lowest BCUT2D eigenvalue weighted by molar-refractivity contribution is 0.255. The number of rotatable bonds is 7. The molecule has 1 atom stereocenters. The van der Waals surface area contributed by atoms with E-state index in [2.05, 4.69) is 64.2 Å². The van der Waals surface area contributed by atoms with Gasteiger partial charge in [0.2, 0.25) is 0 Å². The summed E-state index contributed by atoms with van der Waals surface area (Å²) in [5.41, 5.74) is 3.26. The number of hydrogen-bond donors (Lipinski definition) is 1. The second-order valence-corrected chi connectivity index (χ2v) is 6.58. The molecule has 1 heteroatoms. The molecule has 1 rings (SSSR count). The van der Waals surface area contributed by atoms with Gasteiger partial charge >= 0.3 is 0 Å². The van der Waals surface area contributed by atoms with Crippen LogP contribution < -0.4 is 5.32 Å². The van der Waals surface area contributed by atoms with Crippen LogP contribution in [0.4, 0.5) is 0 Å². The molecule has 1 aromatic rings. The molecule has 0 bridgehead atoms. The van der Waals surface area contributed by atoms with Crippen LogP contribution in [0.15, 0.2) is 24.3 Å². The van der Waals surface area contributed by atoms with Gasteiger partial charge in [0.15, 0.2) is 0 Å². The molecule has 0 amide bonds. The highest BCUT2D eigenvalue weighted by Gasteiger charge is 2.23. The quantitative estimate of drug-likeness (QED) is 0.756. The SMILES string of the molecule is CCCNC(CCc1cccc(CC)c1)C(C)(C)C. The monoisotopic (exact) mass is 261 g/mol. The van der Waals surface area contributed by atoms with Crippen molar-refractivity contribution in [1.82, 2.24) is 5.32 Å². The zero-order valence-electron chi connectivity index (χ0n) is 13.4. The Balaban J connectivity index is 2.59. The molecule has 0 aliphatic heterocycles. The standard InChI is InChI=1S/C18H31N/c1-6-13-19-17(18(3,4)5)12-11-16-10-8-9-15(7-2)14-16/h8-10,14,17,19H,6-7,11-13H2,1-5H3. The van der Waals surface area contributed by atoms with Gasteiger partial charge in [0, 0.05) is 6.04 Å². The number of benzene rings is 1. The van der Waals surface area contributed by atoms with Crippen molar-refractivity contribution in [2.75, 3.05) is 6.54 Å². The average Bonchev–Trinajstić information content (AvgIpc) is 2.37. The van der Waals surface area contributed by atoms with E-state index in [1.165, 1.54) is 30.4 Å². The predicted molar refractivity (Wildman–Crippen MR) is 85.7 cm³/mol. The van der Waals surface area contributed by atoms with Crippen LogP contribution in [0.3, 0.4) is 0 Å². The fourth-order valence-corrected chi connectivity index (χ4v) is 2.48. The van der Waals surface area contributed by atoms with Crippen LogP contribution in [-0.4, -0.2) is 12.6 Å². The third-order valence-electron chi connectivity index (χ3n) is 3.81. The van der Waals surface area contributed by atoms with Gasteiger partial charge in [-0.15, -0.1) is 0 Å². The molecule has 0 fully saturated rings. The van der Waals surface area contributed by atoms with Gasteiger partial charge < -0.3 is 5.32 Å². The molecule has 0 spiro atoms. The van der Waals surface area contributed by atoms with Crippen LogP contribution in [0.1, 0.15) is 58.6 Å². The Morgan fingerprint density at radius 1 is 1.11 bits per heavy atom. The lowest BCUT2D eigenvalue weighted by atomic mass is 9.83. The van der Waals surface area contributed by atoms with Crippen molar-refractivity contribution in [2.24, 2.45) is 5.41 Å². The van der Waals surface area contributed by atoms with E-state index in [9.17, 15) is 0 Å². The minimum atomic E-state index is 0.331. The molecule has 1 aromatic carbocycles. The fraction of sp³-hybridized carbons (Fsp3) is 0.667. The summed E-state index contributed by atoms with van der Waals surface area (Å²) >= 11 is 0. The van der Waals surface area contributed by atoms with Crippen LogP contribution >= 0.6 is 0 Å². The fourth-order valence-electron chi connectivity index (χ4n) is 2.48. The van der Waals surface area contributed by atoms with Crippen LogP contribution in [0, 0.1) is 5.41 Å². The molecule has 0 radical (unpaired) electrons. The Labute approximate surface area is 119 Å². The first-order valence-corrected chi connectivity index (χ1v) is 7.78. The molecule has 0 saturated carbocycles. The minimum absolute atomic E-state index is 0.331. The summed E-state index contributed by atoms with van der Waals surface area (Å²) in [6, 6.07) is 9.63. The van der Waals surface area contributed by atoms with Crippen LogP contribution in [0.25, 0.3) is 0 Å². The first-order valence-electron chi connectivity index (χ1n) is 7.78. The summed E-state index contributed by atoms with van der Waals surface area (Å²) in [6.45, 7) is 12.6. The van der Waals surface area contributed by atoms with E-state index in [0.29, 0.717) is 11.5 Å². The lowest BCUT2D eigenvalue weighted by Gasteiger charge is -2.32. The summed E-state index contributed by atoms with van der Waals surface area (Å²) in [5, 5.41) is 3.71. The third kappa shape index (κ3) is 5.78. The van der Waals surface area contributed by atoms with E-state index >= 15 is 0 Å². The Hall–Kier alpha value is -0.820. The van der Waals surface area contributed by atoms with Crippen molar-refractivity contribution in [2.45, 2.75) is 66.3 Å². The Morgan fingerprint density at radius 3 is 2.37 bits per heavy atom. The van der Waals surface area contributed by atoms with E-state index in [1.54, 1.807) is 0 Å². The Kier molecular flexibility index (Phi) is 6.57. The van der Waals surface area contributed by atoms with Gasteiger partial charge in [-0.05, 0) is 48.8 Å². The first kappa shape index (κ1) is 16.2. The van der Waals surface area contributed by atoms with Gasteiger partial charge in [-0.2, -0.15) is 0 Å². The molecule has 0 aliphatic carbocycles. The molecular formula is C18H31N. The van der Waals surface area contributed by atoms with Crippen LogP contribution in [0.2, 0.25) is 0 Å². The largest absolute Gasteiger partial charge is 0.313 e. The highest BCUT2D eigenvalue weighted by Crippen LogP contribution is 2.23. The maximum atomic E-state index is 3.71. The Bertz CT molecular complexity index is 362. The zero-order chi connectivity index (χ0) is 14.3. The van der Waals surface area contributed by atoms with Crippen LogP contribution in [0.5, 0.6) is 0 Å². The summed E-state index contributed by atoms with van der Waals surface area (Å²) in [7, 11) is 0. The first-order chi connectivity index (χ1) is 8.97. The molecule has 0 saturated heterocycles. The molecule has 0 heterocycles. The third-order valence-corrected chi connectivity index (χ3v) is 3.81. The van der Waals surface area contributed by atoms with Gasteiger partial charge in [0.05, 0.1) is 0 Å². The smallest absolute Gasteiger partial charge is 0.0119 e. The lowest BCUT2D eigenvalue weighted by Crippen LogP contribution is -2.41. The normalized spacial score (nSPS) is 13.5. The number of hydrogen-bond acceptors (Lipinski definition) is 1. The molecular weight excluding hydrogens is 230 g/mol. The molecule has 1 nitrogen and oxygen atoms in total. The Morgan fingerprint density at radius 2 is 1.79 bits per heavy atom. The molecule has 108 valence electrons. The van der Waals surface area contributed by atoms with Crippen molar-refractivity contribution >= 4 is 0 Å². The van der Waals surface area contributed by atoms with Gasteiger partial charge in [0.1, 0.15) is 0 Å². The maximum absolute atomic E-state index is 3.71. The van der Waals surface area contributed by atoms with Crippen molar-refractivity contribution < 1.29 is 0 Å². The van der Waals surface area contributed by atoms with E-state index in [-0.39, 0.29) is 0 Å². The number of aryl methyl sites for hydroxylation is 2. The average molecular weight is 261 g/mol. The van der Waals surface area contributed by atoms with Gasteiger partial charge in [-0.1, -0.05) is 58.9 Å². The summed E-state index contributed by atoms with van der Waals surface area (Å²) < 4.78 is 0. The van der Waals surface area contributed by atoms with Crippen molar-refractivity contribution in [1.29, 1.82) is 0 Å². The second kappa shape index (κ2) is 7.69. The van der Waals surface area contributed by atoms with Gasteiger partial charge in [-0.25, -0.2) is 0 Å². The van der Waals surface area contributed by atoms with Gasteiger partial charge in [-0.3, -0.25) is 0 Å². The van der Waals surface area contributed by atoms with E-state index in [0.717, 1.165) is 13.0 Å². The molecule has 1 N–H and O–H groups in total. The minimum Gasteiger partial charge on any atom is -0.313 e. The van der Waals surface area contributed by atoms with Gasteiger partial charge in [0.25, 0.3) is 0 Å². The highest BCUT2D eigenvalue weighted by molar-refractivity contribution is 5.23. The number of nitrogens with one attached hydrogen (secondary N) is 1. The van der Waals surface area contributed by atoms with Crippen molar-refractivity contribution in [3.8, 4) is 0 Å². The maximum Gasteiger partial charge on any atom is 0.0119 e. The van der Waals surface area contributed by atoms with Crippen LogP contribution in [-0.2, 0) is 12.8 Å². The zero-order valence-corrected chi connectivity index (χ0v) is 13.4. The second-order valence-electron chi connectivity index (χ2n) is 6.58. The molecule has 0 aliphatic rings. The highest BCUT2D eigenvalue weighted by atomic mass is 14.9. The van der Waals surface area contributed by atoms with E-state index in [1.807, 2.05) is 0 Å². The van der Waals surface area contributed by atoms with E-state index in [4.69, 9.17) is 0 Å². The molecule has 0 aromatic heterocycles. The van der Waals surface area contributed by atoms with E-state index < -0.39 is 0 Å². The predicted octanol–water partition coefficient (Wildman–Crippen LogP) is 4.60. The summed E-state index contributed by atoms with van der Waals surface area (Å²) in [6.07, 6.45) is 4.73.